The highest BCUT2D eigenvalue weighted by molar-refractivity contribution is 4.85. The van der Waals surface area contributed by atoms with Crippen LogP contribution in [0.1, 0.15) is 67.2 Å². The van der Waals surface area contributed by atoms with Gasteiger partial charge in [-0.2, -0.15) is 0 Å². The van der Waals surface area contributed by atoms with Crippen LogP contribution < -0.4 is 5.32 Å². The maximum Gasteiger partial charge on any atom is 0.00358 e. The Hall–Kier alpha value is -0.0800. The van der Waals surface area contributed by atoms with Gasteiger partial charge in [0.05, 0.1) is 0 Å². The fourth-order valence-corrected chi connectivity index (χ4v) is 3.38. The van der Waals surface area contributed by atoms with E-state index in [9.17, 15) is 0 Å². The van der Waals surface area contributed by atoms with Gasteiger partial charge in [-0.15, -0.1) is 0 Å². The Labute approximate surface area is 134 Å². The lowest BCUT2D eigenvalue weighted by molar-refractivity contribution is 0.0942. The van der Waals surface area contributed by atoms with Gasteiger partial charge in [0.25, 0.3) is 0 Å². The number of piperidine rings is 1. The summed E-state index contributed by atoms with van der Waals surface area (Å²) in [6.07, 6.45) is 5.42. The molecule has 1 atom stereocenters. The Kier molecular flexibility index (Phi) is 8.26. The lowest BCUT2D eigenvalue weighted by Gasteiger charge is -2.41. The fraction of sp³-hybridized carbons (Fsp3) is 1.00. The summed E-state index contributed by atoms with van der Waals surface area (Å²) in [4.78, 5) is 2.74. The van der Waals surface area contributed by atoms with Crippen molar-refractivity contribution in [2.24, 2.45) is 23.2 Å². The fourth-order valence-electron chi connectivity index (χ4n) is 3.38. The van der Waals surface area contributed by atoms with Crippen LogP contribution in [-0.4, -0.2) is 37.6 Å². The van der Waals surface area contributed by atoms with Gasteiger partial charge in [0.2, 0.25) is 0 Å². The Morgan fingerprint density at radius 2 is 1.62 bits per heavy atom. The minimum absolute atomic E-state index is 0.432. The first-order valence-electron chi connectivity index (χ1n) is 9.24. The van der Waals surface area contributed by atoms with Crippen molar-refractivity contribution in [3.8, 4) is 0 Å². The summed E-state index contributed by atoms with van der Waals surface area (Å²) < 4.78 is 0. The molecule has 1 aliphatic rings. The summed E-state index contributed by atoms with van der Waals surface area (Å²) in [6.45, 7) is 20.6. The molecule has 1 rings (SSSR count). The zero-order valence-electron chi connectivity index (χ0n) is 15.5. The number of nitrogens with zero attached hydrogens (tertiary/aromatic N) is 1. The summed E-state index contributed by atoms with van der Waals surface area (Å²) in [5, 5.41) is 3.60. The van der Waals surface area contributed by atoms with Crippen LogP contribution in [0.5, 0.6) is 0 Å². The number of hydrogen-bond acceptors (Lipinski definition) is 2. The van der Waals surface area contributed by atoms with Crippen LogP contribution in [0.4, 0.5) is 0 Å². The van der Waals surface area contributed by atoms with Crippen LogP contribution in [-0.2, 0) is 0 Å². The van der Waals surface area contributed by atoms with Gasteiger partial charge in [-0.05, 0) is 75.0 Å². The second kappa shape index (κ2) is 9.15. The van der Waals surface area contributed by atoms with Crippen molar-refractivity contribution in [3.05, 3.63) is 0 Å². The lowest BCUT2D eigenvalue weighted by atomic mass is 9.74. The highest BCUT2D eigenvalue weighted by atomic mass is 15.1. The molecule has 0 aliphatic carbocycles. The van der Waals surface area contributed by atoms with Crippen molar-refractivity contribution in [1.82, 2.24) is 10.2 Å². The first-order chi connectivity index (χ1) is 9.81. The SMILES string of the molecule is CC(C)CCN(CCC(C)C)CC(C)(C)C1CCCNC1. The normalized spacial score (nSPS) is 20.7. The van der Waals surface area contributed by atoms with E-state index < -0.39 is 0 Å². The topological polar surface area (TPSA) is 15.3 Å². The average molecular weight is 297 g/mol. The van der Waals surface area contributed by atoms with Crippen molar-refractivity contribution in [1.29, 1.82) is 0 Å². The van der Waals surface area contributed by atoms with Crippen LogP contribution in [0, 0.1) is 23.2 Å². The number of hydrogen-bond donors (Lipinski definition) is 1. The quantitative estimate of drug-likeness (QED) is 0.678. The molecule has 126 valence electrons. The highest BCUT2D eigenvalue weighted by Crippen LogP contribution is 2.33. The van der Waals surface area contributed by atoms with E-state index in [1.165, 1.54) is 58.4 Å². The molecular weight excluding hydrogens is 256 g/mol. The Bertz CT molecular complexity index is 253. The molecule has 0 amide bonds. The average Bonchev–Trinajstić information content (AvgIpc) is 2.42. The van der Waals surface area contributed by atoms with Crippen LogP contribution in [0.25, 0.3) is 0 Å². The van der Waals surface area contributed by atoms with Gasteiger partial charge < -0.3 is 10.2 Å². The Morgan fingerprint density at radius 1 is 1.05 bits per heavy atom. The molecule has 0 aromatic heterocycles. The Morgan fingerprint density at radius 3 is 2.05 bits per heavy atom. The van der Waals surface area contributed by atoms with Crippen LogP contribution in [0.15, 0.2) is 0 Å². The molecule has 2 nitrogen and oxygen atoms in total. The van der Waals surface area contributed by atoms with Crippen LogP contribution >= 0.6 is 0 Å². The van der Waals surface area contributed by atoms with E-state index in [4.69, 9.17) is 0 Å². The Balaban J connectivity index is 2.54. The largest absolute Gasteiger partial charge is 0.316 e. The molecule has 1 aliphatic heterocycles. The summed E-state index contributed by atoms with van der Waals surface area (Å²) in [5.41, 5.74) is 0.432. The summed E-state index contributed by atoms with van der Waals surface area (Å²) >= 11 is 0. The minimum Gasteiger partial charge on any atom is -0.316 e. The molecule has 0 radical (unpaired) electrons. The molecule has 1 N–H and O–H groups in total. The van der Waals surface area contributed by atoms with E-state index in [1.807, 2.05) is 0 Å². The maximum atomic E-state index is 3.60. The van der Waals surface area contributed by atoms with Crippen molar-refractivity contribution in [2.75, 3.05) is 32.7 Å². The summed E-state index contributed by atoms with van der Waals surface area (Å²) in [6, 6.07) is 0. The van der Waals surface area contributed by atoms with Crippen LogP contribution in [0.3, 0.4) is 0 Å². The molecule has 1 heterocycles. The molecule has 1 fully saturated rings. The molecule has 0 spiro atoms. The molecule has 1 saturated heterocycles. The monoisotopic (exact) mass is 296 g/mol. The molecule has 1 unspecified atom stereocenters. The predicted molar refractivity (Wildman–Crippen MR) is 94.7 cm³/mol. The number of nitrogens with one attached hydrogen (secondary N) is 1. The zero-order chi connectivity index (χ0) is 15.9. The zero-order valence-corrected chi connectivity index (χ0v) is 15.5. The summed E-state index contributed by atoms with van der Waals surface area (Å²) in [5.74, 6) is 2.46. The van der Waals surface area contributed by atoms with Gasteiger partial charge in [0.15, 0.2) is 0 Å². The third-order valence-corrected chi connectivity index (χ3v) is 5.08. The number of rotatable bonds is 9. The van der Waals surface area contributed by atoms with E-state index in [0.29, 0.717) is 5.41 Å². The maximum absolute atomic E-state index is 3.60. The van der Waals surface area contributed by atoms with Crippen molar-refractivity contribution >= 4 is 0 Å². The van der Waals surface area contributed by atoms with E-state index in [0.717, 1.165) is 17.8 Å². The van der Waals surface area contributed by atoms with E-state index in [-0.39, 0.29) is 0 Å². The molecule has 0 aromatic rings. The molecule has 0 bridgehead atoms. The van der Waals surface area contributed by atoms with Gasteiger partial charge in [0.1, 0.15) is 0 Å². The van der Waals surface area contributed by atoms with Crippen LogP contribution in [0.2, 0.25) is 0 Å². The minimum atomic E-state index is 0.432. The highest BCUT2D eigenvalue weighted by Gasteiger charge is 2.32. The van der Waals surface area contributed by atoms with E-state index in [2.05, 4.69) is 51.8 Å². The predicted octanol–water partition coefficient (Wildman–Crippen LogP) is 4.41. The van der Waals surface area contributed by atoms with Crippen molar-refractivity contribution < 1.29 is 0 Å². The first-order valence-corrected chi connectivity index (χ1v) is 9.24. The lowest BCUT2D eigenvalue weighted by Crippen LogP contribution is -2.45. The second-order valence-corrected chi connectivity index (χ2v) is 8.67. The second-order valence-electron chi connectivity index (χ2n) is 8.67. The molecule has 0 saturated carbocycles. The standard InChI is InChI=1S/C19H40N2/c1-16(2)9-12-21(13-10-17(3)4)15-19(5,6)18-8-7-11-20-14-18/h16-18,20H,7-15H2,1-6H3. The van der Waals surface area contributed by atoms with Gasteiger partial charge >= 0.3 is 0 Å². The van der Waals surface area contributed by atoms with Gasteiger partial charge in [-0.1, -0.05) is 41.5 Å². The van der Waals surface area contributed by atoms with Crippen molar-refractivity contribution in [3.63, 3.8) is 0 Å². The van der Waals surface area contributed by atoms with E-state index in [1.54, 1.807) is 0 Å². The third-order valence-electron chi connectivity index (χ3n) is 5.08. The summed E-state index contributed by atoms with van der Waals surface area (Å²) in [7, 11) is 0. The van der Waals surface area contributed by atoms with E-state index >= 15 is 0 Å². The third kappa shape index (κ3) is 7.65. The molecular formula is C19H40N2. The van der Waals surface area contributed by atoms with Gasteiger partial charge in [-0.25, -0.2) is 0 Å². The molecule has 0 aromatic carbocycles. The van der Waals surface area contributed by atoms with Crippen molar-refractivity contribution in [2.45, 2.75) is 67.2 Å². The molecule has 21 heavy (non-hydrogen) atoms. The smallest absolute Gasteiger partial charge is 0.00358 e. The first kappa shape index (κ1) is 19.0. The van der Waals surface area contributed by atoms with Gasteiger partial charge in [-0.3, -0.25) is 0 Å². The molecule has 2 heteroatoms. The van der Waals surface area contributed by atoms with Gasteiger partial charge in [0, 0.05) is 6.54 Å².